The fraction of sp³-hybridized carbons (Fsp3) is 0.821. The third-order valence-corrected chi connectivity index (χ3v) is 10.1. The molecule has 0 amide bonds. The lowest BCUT2D eigenvalue weighted by Crippen LogP contribution is -2.59. The fourth-order valence-corrected chi connectivity index (χ4v) is 7.89. The number of aliphatic hydroxyl groups is 2. The normalized spacial score (nSPS) is 51.2. The molecular weight excluding hydrogens is 480 g/mol. The molecule has 4 fully saturated rings. The summed E-state index contributed by atoms with van der Waals surface area (Å²) in [6.07, 6.45) is 4.30. The minimum Gasteiger partial charge on any atom is -0.469 e. The second kappa shape index (κ2) is 9.31. The molecule has 12 atom stereocenters. The van der Waals surface area contributed by atoms with Crippen LogP contribution in [0.25, 0.3) is 0 Å². The van der Waals surface area contributed by atoms with E-state index < -0.39 is 36.5 Å². The first-order valence-electron chi connectivity index (χ1n) is 13.7. The van der Waals surface area contributed by atoms with Crippen molar-refractivity contribution in [1.82, 2.24) is 0 Å². The van der Waals surface area contributed by atoms with Crippen LogP contribution in [0.15, 0.2) is 23.5 Å². The molecule has 0 aromatic carbocycles. The lowest BCUT2D eigenvalue weighted by Gasteiger charge is -2.51. The summed E-state index contributed by atoms with van der Waals surface area (Å²) in [6, 6.07) is 0. The zero-order valence-corrected chi connectivity index (χ0v) is 22.1. The average Bonchev–Trinajstić information content (AvgIpc) is 3.38. The highest BCUT2D eigenvalue weighted by Crippen LogP contribution is 2.57. The molecule has 0 radical (unpaired) electrons. The van der Waals surface area contributed by atoms with Gasteiger partial charge in [0.15, 0.2) is 6.29 Å². The summed E-state index contributed by atoms with van der Waals surface area (Å²) in [6.45, 7) is 6.35. The maximum absolute atomic E-state index is 13.5. The van der Waals surface area contributed by atoms with E-state index in [-0.39, 0.29) is 41.3 Å². The third-order valence-electron chi connectivity index (χ3n) is 10.1. The van der Waals surface area contributed by atoms with E-state index in [1.54, 1.807) is 6.92 Å². The van der Waals surface area contributed by atoms with Gasteiger partial charge in [-0.3, -0.25) is 4.79 Å². The van der Waals surface area contributed by atoms with Crippen LogP contribution in [0.2, 0.25) is 0 Å². The molecule has 37 heavy (non-hydrogen) atoms. The van der Waals surface area contributed by atoms with Crippen LogP contribution in [0.1, 0.15) is 59.3 Å². The Morgan fingerprint density at radius 2 is 1.97 bits per heavy atom. The van der Waals surface area contributed by atoms with Gasteiger partial charge in [0.05, 0.1) is 36.9 Å². The number of ether oxygens (including phenoxy) is 6. The van der Waals surface area contributed by atoms with E-state index >= 15 is 0 Å². The van der Waals surface area contributed by atoms with Gasteiger partial charge in [0.2, 0.25) is 5.79 Å². The molecule has 0 aromatic rings. The van der Waals surface area contributed by atoms with E-state index in [2.05, 4.69) is 13.0 Å². The summed E-state index contributed by atoms with van der Waals surface area (Å²) in [5.74, 6) is -0.910. The number of methoxy groups -OCH3 is 1. The lowest BCUT2D eigenvalue weighted by molar-refractivity contribution is -0.309. The molecule has 0 aromatic heterocycles. The smallest absolute Gasteiger partial charge is 0.309 e. The van der Waals surface area contributed by atoms with Crippen molar-refractivity contribution < 1.29 is 43.4 Å². The highest BCUT2D eigenvalue weighted by atomic mass is 16.7. The van der Waals surface area contributed by atoms with Crippen LogP contribution in [0.3, 0.4) is 0 Å². The van der Waals surface area contributed by atoms with E-state index in [4.69, 9.17) is 28.4 Å². The van der Waals surface area contributed by atoms with E-state index in [9.17, 15) is 15.0 Å². The summed E-state index contributed by atoms with van der Waals surface area (Å²) in [5.41, 5.74) is 2.36. The second-order valence-corrected chi connectivity index (χ2v) is 12.1. The molecule has 2 N–H and O–H groups in total. The number of carbonyl (C=O) groups is 1. The van der Waals surface area contributed by atoms with Crippen LogP contribution in [0.5, 0.6) is 0 Å². The Labute approximate surface area is 218 Å². The van der Waals surface area contributed by atoms with Gasteiger partial charge in [-0.2, -0.15) is 0 Å². The Balaban J connectivity index is 1.19. The molecule has 6 unspecified atom stereocenters. The SMILES string of the molecule is CO[C@@H]1[C@@H](O)[C@H](OC2CCC3(C)C(=CCC4C(=O)OC5COC6(C)OC=C(CCC43)[C@H]56)C2)O[C@H](C)[C@H]1O. The molecule has 4 heterocycles. The average molecular weight is 521 g/mol. The molecular formula is C28H40O9. The largest absolute Gasteiger partial charge is 0.469 e. The summed E-state index contributed by atoms with van der Waals surface area (Å²) in [7, 11) is 1.47. The fourth-order valence-electron chi connectivity index (χ4n) is 7.89. The minimum absolute atomic E-state index is 0.0419. The summed E-state index contributed by atoms with van der Waals surface area (Å²) >= 11 is 0. The number of esters is 1. The Bertz CT molecular complexity index is 979. The third kappa shape index (κ3) is 4.08. The Morgan fingerprint density at radius 1 is 1.16 bits per heavy atom. The van der Waals surface area contributed by atoms with Gasteiger partial charge in [-0.05, 0) is 62.4 Å². The predicted octanol–water partition coefficient (Wildman–Crippen LogP) is 2.59. The number of fused-ring (bicyclic) bond motifs is 3. The maximum Gasteiger partial charge on any atom is 0.309 e. The lowest BCUT2D eigenvalue weighted by atomic mass is 9.55. The van der Waals surface area contributed by atoms with Crippen LogP contribution >= 0.6 is 0 Å². The van der Waals surface area contributed by atoms with Gasteiger partial charge in [0.25, 0.3) is 0 Å². The molecule has 1 saturated carbocycles. The second-order valence-electron chi connectivity index (χ2n) is 12.1. The van der Waals surface area contributed by atoms with Crippen LogP contribution in [-0.2, 0) is 33.2 Å². The standard InChI is InChI=1S/C28H40O9/c1-14-22(29)24(32-4)23(30)26(35-14)36-17-9-10-27(2)16(11-17)6-7-18-19(27)8-5-15-12-33-28(3)21(15)20(13-34-28)37-25(18)31/h6,12,14,17-24,26,29-30H,5,7-11,13H2,1-4H3/t14-,17?,18?,19?,20?,21-,22-,23-,24+,26+,27?,28?/m1/s1. The molecule has 9 nitrogen and oxygen atoms in total. The number of hydrogen-bond acceptors (Lipinski definition) is 9. The van der Waals surface area contributed by atoms with Crippen LogP contribution < -0.4 is 0 Å². The monoisotopic (exact) mass is 520 g/mol. The van der Waals surface area contributed by atoms with Crippen molar-refractivity contribution in [1.29, 1.82) is 0 Å². The maximum atomic E-state index is 13.5. The molecule has 0 spiro atoms. The number of allylic oxidation sites excluding steroid dienone is 1. The van der Waals surface area contributed by atoms with Gasteiger partial charge in [0.1, 0.15) is 24.4 Å². The summed E-state index contributed by atoms with van der Waals surface area (Å²) < 4.78 is 35.3. The molecule has 6 rings (SSSR count). The van der Waals surface area contributed by atoms with E-state index in [0.29, 0.717) is 13.0 Å². The summed E-state index contributed by atoms with van der Waals surface area (Å²) in [5, 5.41) is 21.0. The van der Waals surface area contributed by atoms with Crippen molar-refractivity contribution in [3.8, 4) is 0 Å². The molecule has 3 saturated heterocycles. The molecule has 4 aliphatic heterocycles. The minimum atomic E-state index is -1.07. The number of carbonyl (C=O) groups excluding carboxylic acids is 1. The van der Waals surface area contributed by atoms with Crippen molar-refractivity contribution >= 4 is 5.97 Å². The summed E-state index contributed by atoms with van der Waals surface area (Å²) in [4.78, 5) is 13.5. The quantitative estimate of drug-likeness (QED) is 0.428. The first-order chi connectivity index (χ1) is 17.6. The highest BCUT2D eigenvalue weighted by Gasteiger charge is 2.58. The first-order valence-corrected chi connectivity index (χ1v) is 13.7. The number of hydrogen-bond donors (Lipinski definition) is 2. The zero-order chi connectivity index (χ0) is 26.1. The van der Waals surface area contributed by atoms with Gasteiger partial charge in [-0.25, -0.2) is 0 Å². The van der Waals surface area contributed by atoms with E-state index in [1.807, 2.05) is 13.2 Å². The Kier molecular flexibility index (Phi) is 6.49. The van der Waals surface area contributed by atoms with Gasteiger partial charge >= 0.3 is 5.97 Å². The molecule has 2 aliphatic carbocycles. The van der Waals surface area contributed by atoms with Gasteiger partial charge in [-0.1, -0.05) is 18.6 Å². The van der Waals surface area contributed by atoms with Crippen LogP contribution in [-0.4, -0.2) is 78.6 Å². The predicted molar refractivity (Wildman–Crippen MR) is 130 cm³/mol. The van der Waals surface area contributed by atoms with Crippen molar-refractivity contribution in [2.24, 2.45) is 23.2 Å². The zero-order valence-electron chi connectivity index (χ0n) is 22.1. The van der Waals surface area contributed by atoms with Gasteiger partial charge in [0, 0.05) is 14.0 Å². The molecule has 0 bridgehead atoms. The van der Waals surface area contributed by atoms with Gasteiger partial charge < -0.3 is 38.6 Å². The number of rotatable bonds is 3. The van der Waals surface area contributed by atoms with E-state index in [1.165, 1.54) is 18.3 Å². The van der Waals surface area contributed by atoms with Crippen molar-refractivity contribution in [2.45, 2.75) is 108 Å². The Morgan fingerprint density at radius 3 is 2.76 bits per heavy atom. The first kappa shape index (κ1) is 25.8. The topological polar surface area (TPSA) is 113 Å². The van der Waals surface area contributed by atoms with Crippen LogP contribution in [0.4, 0.5) is 0 Å². The molecule has 6 aliphatic rings. The molecule has 9 heteroatoms. The van der Waals surface area contributed by atoms with Crippen molar-refractivity contribution in [3.05, 3.63) is 23.5 Å². The van der Waals surface area contributed by atoms with E-state index in [0.717, 1.165) is 32.1 Å². The highest BCUT2D eigenvalue weighted by molar-refractivity contribution is 5.74. The number of aliphatic hydroxyl groups excluding tert-OH is 2. The van der Waals surface area contributed by atoms with Crippen LogP contribution in [0, 0.1) is 23.2 Å². The molecule has 206 valence electrons. The van der Waals surface area contributed by atoms with Gasteiger partial charge in [-0.15, -0.1) is 0 Å². The van der Waals surface area contributed by atoms with Crippen molar-refractivity contribution in [3.63, 3.8) is 0 Å². The van der Waals surface area contributed by atoms with Crippen molar-refractivity contribution in [2.75, 3.05) is 13.7 Å². The Hall–Kier alpha value is -1.49.